The Morgan fingerprint density at radius 1 is 1.00 bits per heavy atom. The SMILES string of the molecule is CCN(C/C=C/C#CC(C)(C)C)Cc1cccc(N2C(=O)c3ccccc3C2=O)c1. The van der Waals surface area contributed by atoms with Crippen molar-refractivity contribution in [1.82, 2.24) is 4.90 Å². The van der Waals surface area contributed by atoms with Crippen LogP contribution in [0.4, 0.5) is 5.69 Å². The molecular weight excluding hydrogens is 372 g/mol. The molecule has 2 aromatic carbocycles. The third-order valence-corrected chi connectivity index (χ3v) is 4.83. The Morgan fingerprint density at radius 3 is 2.27 bits per heavy atom. The van der Waals surface area contributed by atoms with Crippen molar-refractivity contribution in [3.05, 3.63) is 77.4 Å². The van der Waals surface area contributed by atoms with Crippen molar-refractivity contribution >= 4 is 17.5 Å². The van der Waals surface area contributed by atoms with Gasteiger partial charge < -0.3 is 0 Å². The molecule has 0 spiro atoms. The van der Waals surface area contributed by atoms with Crippen LogP contribution in [0.1, 0.15) is 54.0 Å². The van der Waals surface area contributed by atoms with Crippen LogP contribution in [0.3, 0.4) is 0 Å². The molecule has 0 N–H and O–H groups in total. The van der Waals surface area contributed by atoms with Gasteiger partial charge in [0.2, 0.25) is 0 Å². The van der Waals surface area contributed by atoms with Crippen LogP contribution in [0.15, 0.2) is 60.7 Å². The summed E-state index contributed by atoms with van der Waals surface area (Å²) in [5, 5.41) is 0. The van der Waals surface area contributed by atoms with E-state index in [4.69, 9.17) is 0 Å². The molecule has 1 heterocycles. The summed E-state index contributed by atoms with van der Waals surface area (Å²) in [5.41, 5.74) is 2.59. The smallest absolute Gasteiger partial charge is 0.266 e. The van der Waals surface area contributed by atoms with E-state index in [1.807, 2.05) is 30.3 Å². The van der Waals surface area contributed by atoms with E-state index in [2.05, 4.69) is 50.5 Å². The van der Waals surface area contributed by atoms with Crippen LogP contribution in [0.25, 0.3) is 0 Å². The maximum Gasteiger partial charge on any atom is 0.266 e. The van der Waals surface area contributed by atoms with Crippen LogP contribution in [0, 0.1) is 17.3 Å². The molecular formula is C26H28N2O2. The Hall–Kier alpha value is -3.16. The summed E-state index contributed by atoms with van der Waals surface area (Å²) >= 11 is 0. The van der Waals surface area contributed by atoms with Crippen molar-refractivity contribution < 1.29 is 9.59 Å². The highest BCUT2D eigenvalue weighted by Gasteiger charge is 2.36. The summed E-state index contributed by atoms with van der Waals surface area (Å²) in [6.45, 7) is 10.8. The Labute approximate surface area is 179 Å². The number of amides is 2. The summed E-state index contributed by atoms with van der Waals surface area (Å²) in [5.74, 6) is 5.76. The van der Waals surface area contributed by atoms with Gasteiger partial charge in [-0.25, -0.2) is 4.90 Å². The van der Waals surface area contributed by atoms with Gasteiger partial charge in [-0.05, 0) is 63.2 Å². The van der Waals surface area contributed by atoms with E-state index in [9.17, 15) is 9.59 Å². The number of hydrogen-bond donors (Lipinski definition) is 0. The third-order valence-electron chi connectivity index (χ3n) is 4.83. The second-order valence-corrected chi connectivity index (χ2v) is 8.41. The van der Waals surface area contributed by atoms with Gasteiger partial charge in [-0.3, -0.25) is 14.5 Å². The summed E-state index contributed by atoms with van der Waals surface area (Å²) in [4.78, 5) is 29.0. The van der Waals surface area contributed by atoms with Crippen LogP contribution in [-0.4, -0.2) is 29.8 Å². The first-order valence-corrected chi connectivity index (χ1v) is 10.3. The first kappa shape index (κ1) is 21.5. The number of allylic oxidation sites excluding steroid dienone is 1. The lowest BCUT2D eigenvalue weighted by atomic mass is 9.98. The highest BCUT2D eigenvalue weighted by molar-refractivity contribution is 6.34. The van der Waals surface area contributed by atoms with Crippen LogP contribution in [0.5, 0.6) is 0 Å². The average molecular weight is 401 g/mol. The number of carbonyl (C=O) groups is 2. The molecule has 4 heteroatoms. The number of anilines is 1. The summed E-state index contributed by atoms with van der Waals surface area (Å²) in [6.07, 6.45) is 3.97. The molecule has 0 saturated heterocycles. The van der Waals surface area contributed by atoms with Gasteiger partial charge in [0.15, 0.2) is 0 Å². The number of likely N-dealkylation sites (N-methyl/N-ethyl adjacent to an activating group) is 1. The van der Waals surface area contributed by atoms with Crippen molar-refractivity contribution in [1.29, 1.82) is 0 Å². The number of rotatable bonds is 6. The number of hydrogen-bond acceptors (Lipinski definition) is 3. The fraction of sp³-hybridized carbons (Fsp3) is 0.308. The molecule has 0 radical (unpaired) electrons. The van der Waals surface area contributed by atoms with Crippen LogP contribution in [-0.2, 0) is 6.54 Å². The van der Waals surface area contributed by atoms with E-state index < -0.39 is 0 Å². The number of benzene rings is 2. The molecule has 154 valence electrons. The minimum atomic E-state index is -0.263. The Morgan fingerprint density at radius 2 is 1.67 bits per heavy atom. The van der Waals surface area contributed by atoms with E-state index in [0.29, 0.717) is 16.8 Å². The van der Waals surface area contributed by atoms with E-state index >= 15 is 0 Å². The number of nitrogens with zero attached hydrogens (tertiary/aromatic N) is 2. The molecule has 2 aromatic rings. The van der Waals surface area contributed by atoms with Gasteiger partial charge in [0.25, 0.3) is 11.8 Å². The molecule has 0 saturated carbocycles. The van der Waals surface area contributed by atoms with Crippen molar-refractivity contribution in [3.8, 4) is 11.8 Å². The standard InChI is InChI=1S/C26H28N2O2/c1-5-27(17-10-6-9-16-26(2,3)4)19-20-12-11-13-21(18-20)28-24(29)22-14-7-8-15-23(22)25(28)30/h6-8,10-15,18H,5,17,19H2,1-4H3/b10-6+. The maximum atomic E-state index is 12.7. The van der Waals surface area contributed by atoms with Gasteiger partial charge >= 0.3 is 0 Å². The zero-order valence-corrected chi connectivity index (χ0v) is 18.1. The molecule has 3 rings (SSSR count). The summed E-state index contributed by atoms with van der Waals surface area (Å²) in [7, 11) is 0. The van der Waals surface area contributed by atoms with Gasteiger partial charge in [-0.15, -0.1) is 0 Å². The minimum absolute atomic E-state index is 0.000671. The van der Waals surface area contributed by atoms with Gasteiger partial charge in [-0.2, -0.15) is 0 Å². The Bertz CT molecular complexity index is 1000. The van der Waals surface area contributed by atoms with Crippen LogP contribution < -0.4 is 4.90 Å². The fourth-order valence-corrected chi connectivity index (χ4v) is 3.30. The topological polar surface area (TPSA) is 40.6 Å². The van der Waals surface area contributed by atoms with Crippen molar-refractivity contribution in [2.24, 2.45) is 5.41 Å². The molecule has 0 bridgehead atoms. The Kier molecular flexibility index (Phi) is 6.54. The average Bonchev–Trinajstić information content (AvgIpc) is 2.97. The first-order valence-electron chi connectivity index (χ1n) is 10.3. The lowest BCUT2D eigenvalue weighted by Gasteiger charge is -2.20. The first-order chi connectivity index (χ1) is 14.3. The summed E-state index contributed by atoms with van der Waals surface area (Å²) < 4.78 is 0. The quantitative estimate of drug-likeness (QED) is 0.511. The Balaban J connectivity index is 1.71. The van der Waals surface area contributed by atoms with E-state index in [-0.39, 0.29) is 17.2 Å². The van der Waals surface area contributed by atoms with Gasteiger partial charge in [0, 0.05) is 18.5 Å². The minimum Gasteiger partial charge on any atom is -0.296 e. The molecule has 30 heavy (non-hydrogen) atoms. The third kappa shape index (κ3) is 5.06. The molecule has 2 amide bonds. The molecule has 0 fully saturated rings. The number of carbonyl (C=O) groups excluding carboxylic acids is 2. The molecule has 0 atom stereocenters. The maximum absolute atomic E-state index is 12.7. The second-order valence-electron chi connectivity index (χ2n) is 8.41. The van der Waals surface area contributed by atoms with E-state index in [1.54, 1.807) is 24.3 Å². The van der Waals surface area contributed by atoms with Crippen LogP contribution in [0.2, 0.25) is 0 Å². The van der Waals surface area contributed by atoms with Crippen molar-refractivity contribution in [2.75, 3.05) is 18.0 Å². The van der Waals surface area contributed by atoms with Gasteiger partial charge in [0.05, 0.1) is 16.8 Å². The number of imide groups is 1. The van der Waals surface area contributed by atoms with Gasteiger partial charge in [0.1, 0.15) is 0 Å². The molecule has 4 nitrogen and oxygen atoms in total. The van der Waals surface area contributed by atoms with Crippen molar-refractivity contribution in [3.63, 3.8) is 0 Å². The highest BCUT2D eigenvalue weighted by Crippen LogP contribution is 2.28. The number of fused-ring (bicyclic) bond motifs is 1. The monoisotopic (exact) mass is 400 g/mol. The zero-order valence-electron chi connectivity index (χ0n) is 18.1. The zero-order chi connectivity index (χ0) is 21.7. The lowest BCUT2D eigenvalue weighted by Crippen LogP contribution is -2.29. The molecule has 0 aromatic heterocycles. The van der Waals surface area contributed by atoms with Crippen molar-refractivity contribution in [2.45, 2.75) is 34.2 Å². The lowest BCUT2D eigenvalue weighted by molar-refractivity contribution is 0.0926. The second kappa shape index (κ2) is 9.11. The van der Waals surface area contributed by atoms with Crippen LogP contribution >= 0.6 is 0 Å². The predicted molar refractivity (Wildman–Crippen MR) is 121 cm³/mol. The van der Waals surface area contributed by atoms with E-state index in [0.717, 1.165) is 25.2 Å². The van der Waals surface area contributed by atoms with E-state index in [1.165, 1.54) is 4.90 Å². The van der Waals surface area contributed by atoms with Gasteiger partial charge in [-0.1, -0.05) is 49.1 Å². The molecule has 0 unspecified atom stereocenters. The predicted octanol–water partition coefficient (Wildman–Crippen LogP) is 4.91. The molecule has 1 aliphatic heterocycles. The largest absolute Gasteiger partial charge is 0.296 e. The summed E-state index contributed by atoms with van der Waals surface area (Å²) in [6, 6.07) is 14.6. The molecule has 1 aliphatic rings. The highest BCUT2D eigenvalue weighted by atomic mass is 16.2. The molecule has 0 aliphatic carbocycles. The normalized spacial score (nSPS) is 13.7. The fourth-order valence-electron chi connectivity index (χ4n) is 3.30.